The minimum Gasteiger partial charge on any atom is -0.462 e. The summed E-state index contributed by atoms with van der Waals surface area (Å²) in [4.78, 5) is 23.2. The molecule has 0 aromatic carbocycles. The minimum absolute atomic E-state index is 0.303. The molecule has 0 spiro atoms. The van der Waals surface area contributed by atoms with E-state index in [-0.39, 0.29) is 5.41 Å². The van der Waals surface area contributed by atoms with E-state index in [9.17, 15) is 9.59 Å². The fourth-order valence-electron chi connectivity index (χ4n) is 1.03. The van der Waals surface area contributed by atoms with Crippen LogP contribution in [0.3, 0.4) is 0 Å². The van der Waals surface area contributed by atoms with Crippen molar-refractivity contribution in [3.8, 4) is 0 Å². The molecule has 0 fully saturated rings. The molecule has 0 radical (unpaired) electrons. The molecule has 0 aliphatic rings. The molecule has 0 aromatic rings. The number of unbranched alkanes of at least 4 members (excludes halogenated alkanes) is 1. The Morgan fingerprint density at radius 2 is 1.89 bits per heavy atom. The monoisotopic (exact) mass is 289 g/mol. The molecule has 0 heterocycles. The van der Waals surface area contributed by atoms with Crippen LogP contribution in [0.4, 0.5) is 0 Å². The maximum atomic E-state index is 11.8. The van der Waals surface area contributed by atoms with Crippen LogP contribution in [-0.4, -0.2) is 29.8 Å². The van der Waals surface area contributed by atoms with E-state index in [4.69, 9.17) is 21.7 Å². The zero-order chi connectivity index (χ0) is 15.1. The lowest BCUT2D eigenvalue weighted by molar-refractivity contribution is -0.167. The van der Waals surface area contributed by atoms with E-state index < -0.39 is 18.2 Å². The molecule has 0 aliphatic carbocycles. The maximum absolute atomic E-state index is 11.8. The number of nitrogens with one attached hydrogen (secondary N) is 1. The Kier molecular flexibility index (Phi) is 7.59. The van der Waals surface area contributed by atoms with Crippen molar-refractivity contribution < 1.29 is 19.1 Å². The number of hydrogen-bond donors (Lipinski definition) is 1. The topological polar surface area (TPSA) is 64.6 Å². The van der Waals surface area contributed by atoms with Crippen LogP contribution < -0.4 is 5.32 Å². The molecule has 5 nitrogen and oxygen atoms in total. The van der Waals surface area contributed by atoms with E-state index in [1.807, 2.05) is 27.7 Å². The molecule has 6 heteroatoms. The normalized spacial score (nSPS) is 12.5. The van der Waals surface area contributed by atoms with Gasteiger partial charge in [-0.15, -0.1) is 0 Å². The summed E-state index contributed by atoms with van der Waals surface area (Å²) in [6.45, 7) is 9.22. The van der Waals surface area contributed by atoms with Crippen LogP contribution in [0.25, 0.3) is 0 Å². The summed E-state index contributed by atoms with van der Waals surface area (Å²) in [5.74, 6) is -1.20. The van der Waals surface area contributed by atoms with Gasteiger partial charge in [0.1, 0.15) is 0 Å². The lowest BCUT2D eigenvalue weighted by Gasteiger charge is -2.25. The first-order valence-electron chi connectivity index (χ1n) is 6.33. The molecule has 1 N–H and O–H groups in total. The number of hydrogen-bond acceptors (Lipinski definition) is 5. The van der Waals surface area contributed by atoms with Gasteiger partial charge in [0, 0.05) is 12.3 Å². The minimum atomic E-state index is -1.18. The van der Waals surface area contributed by atoms with Gasteiger partial charge in [-0.3, -0.25) is 4.79 Å². The third kappa shape index (κ3) is 7.77. The Morgan fingerprint density at radius 1 is 1.32 bits per heavy atom. The average Bonchev–Trinajstić information content (AvgIpc) is 2.26. The summed E-state index contributed by atoms with van der Waals surface area (Å²) in [5, 5.41) is 2.73. The fraction of sp³-hybridized carbons (Fsp3) is 0.769. The molecule has 0 rings (SSSR count). The van der Waals surface area contributed by atoms with Crippen molar-refractivity contribution in [3.05, 3.63) is 0 Å². The van der Waals surface area contributed by atoms with E-state index in [1.165, 1.54) is 6.92 Å². The van der Waals surface area contributed by atoms with Gasteiger partial charge in [0.2, 0.25) is 0 Å². The molecule has 0 saturated carbocycles. The van der Waals surface area contributed by atoms with Crippen molar-refractivity contribution in [2.45, 2.75) is 53.7 Å². The average molecular weight is 289 g/mol. The van der Waals surface area contributed by atoms with Crippen molar-refractivity contribution >= 4 is 29.1 Å². The first-order chi connectivity index (χ1) is 8.68. The number of rotatable bonds is 6. The lowest BCUT2D eigenvalue weighted by atomic mass is 9.97. The molecule has 19 heavy (non-hydrogen) atoms. The zero-order valence-corrected chi connectivity index (χ0v) is 13.1. The molecule has 110 valence electrons. The Labute approximate surface area is 120 Å². The van der Waals surface area contributed by atoms with Gasteiger partial charge in [-0.1, -0.05) is 46.3 Å². The Bertz CT molecular complexity index is 336. The predicted molar refractivity (Wildman–Crippen MR) is 76.6 cm³/mol. The Morgan fingerprint density at radius 3 is 2.32 bits per heavy atom. The SMILES string of the molecule is CCCCOC(=O)C(NC(=S)C(C)(C)C)OC(C)=O. The molecule has 0 bridgehead atoms. The molecular weight excluding hydrogens is 266 g/mol. The van der Waals surface area contributed by atoms with Gasteiger partial charge in [-0.05, 0) is 6.42 Å². The summed E-state index contributed by atoms with van der Waals surface area (Å²) in [5.41, 5.74) is -0.322. The highest BCUT2D eigenvalue weighted by Crippen LogP contribution is 2.15. The maximum Gasteiger partial charge on any atom is 0.369 e. The van der Waals surface area contributed by atoms with Crippen LogP contribution in [0.1, 0.15) is 47.5 Å². The standard InChI is InChI=1S/C13H23NO4S/c1-6-7-8-17-11(16)10(18-9(2)15)14-12(19)13(3,4)5/h10H,6-8H2,1-5H3,(H,14,19). The summed E-state index contributed by atoms with van der Waals surface area (Å²) < 4.78 is 9.92. The van der Waals surface area contributed by atoms with Crippen LogP contribution in [0.15, 0.2) is 0 Å². The molecule has 1 atom stereocenters. The smallest absolute Gasteiger partial charge is 0.369 e. The van der Waals surface area contributed by atoms with E-state index in [0.29, 0.717) is 11.6 Å². The first kappa shape index (κ1) is 17.8. The van der Waals surface area contributed by atoms with Crippen molar-refractivity contribution in [2.24, 2.45) is 5.41 Å². The summed E-state index contributed by atoms with van der Waals surface area (Å²) in [6.07, 6.45) is 0.503. The van der Waals surface area contributed by atoms with Gasteiger partial charge < -0.3 is 14.8 Å². The van der Waals surface area contributed by atoms with Crippen molar-refractivity contribution in [2.75, 3.05) is 6.61 Å². The van der Waals surface area contributed by atoms with Gasteiger partial charge in [0.25, 0.3) is 6.23 Å². The van der Waals surface area contributed by atoms with E-state index in [2.05, 4.69) is 5.32 Å². The van der Waals surface area contributed by atoms with Crippen LogP contribution in [0, 0.1) is 5.41 Å². The number of carbonyl (C=O) groups excluding carboxylic acids is 2. The van der Waals surface area contributed by atoms with Crippen LogP contribution >= 0.6 is 12.2 Å². The number of carbonyl (C=O) groups is 2. The van der Waals surface area contributed by atoms with Crippen molar-refractivity contribution in [1.82, 2.24) is 5.32 Å². The molecular formula is C13H23NO4S. The van der Waals surface area contributed by atoms with E-state index >= 15 is 0 Å². The molecule has 0 amide bonds. The van der Waals surface area contributed by atoms with E-state index in [0.717, 1.165) is 12.8 Å². The van der Waals surface area contributed by atoms with Crippen molar-refractivity contribution in [3.63, 3.8) is 0 Å². The number of thiocarbonyl (C=S) groups is 1. The largest absolute Gasteiger partial charge is 0.462 e. The quantitative estimate of drug-likeness (QED) is 0.350. The van der Waals surface area contributed by atoms with Crippen LogP contribution in [0.2, 0.25) is 0 Å². The predicted octanol–water partition coefficient (Wildman–Crippen LogP) is 2.18. The number of esters is 2. The second kappa shape index (κ2) is 8.09. The summed E-state index contributed by atoms with van der Waals surface area (Å²) in [7, 11) is 0. The molecule has 0 aromatic heterocycles. The highest BCUT2D eigenvalue weighted by atomic mass is 32.1. The van der Waals surface area contributed by atoms with Crippen molar-refractivity contribution in [1.29, 1.82) is 0 Å². The Balaban J connectivity index is 4.58. The van der Waals surface area contributed by atoms with Gasteiger partial charge >= 0.3 is 11.9 Å². The van der Waals surface area contributed by atoms with Crippen LogP contribution in [-0.2, 0) is 19.1 Å². The van der Waals surface area contributed by atoms with E-state index in [1.54, 1.807) is 0 Å². The first-order valence-corrected chi connectivity index (χ1v) is 6.74. The van der Waals surface area contributed by atoms with Gasteiger partial charge in [0.05, 0.1) is 11.6 Å². The highest BCUT2D eigenvalue weighted by Gasteiger charge is 2.27. The fourth-order valence-corrected chi connectivity index (χ4v) is 1.14. The molecule has 1 unspecified atom stereocenters. The second-order valence-electron chi connectivity index (χ2n) is 5.23. The Hall–Kier alpha value is -1.17. The zero-order valence-electron chi connectivity index (χ0n) is 12.2. The lowest BCUT2D eigenvalue weighted by Crippen LogP contribution is -2.47. The third-order valence-corrected chi connectivity index (χ3v) is 2.91. The van der Waals surface area contributed by atoms with Crippen LogP contribution in [0.5, 0.6) is 0 Å². The second-order valence-corrected chi connectivity index (χ2v) is 5.64. The summed E-state index contributed by atoms with van der Waals surface area (Å²) in [6, 6.07) is 0. The molecule has 0 aliphatic heterocycles. The summed E-state index contributed by atoms with van der Waals surface area (Å²) >= 11 is 5.16. The van der Waals surface area contributed by atoms with Gasteiger partial charge in [-0.25, -0.2) is 4.79 Å². The highest BCUT2D eigenvalue weighted by molar-refractivity contribution is 7.80. The van der Waals surface area contributed by atoms with Gasteiger partial charge in [-0.2, -0.15) is 0 Å². The molecule has 0 saturated heterocycles. The third-order valence-electron chi connectivity index (χ3n) is 2.18. The number of ether oxygens (including phenoxy) is 2. The van der Waals surface area contributed by atoms with Gasteiger partial charge in [0.15, 0.2) is 0 Å².